The van der Waals surface area contributed by atoms with Crippen LogP contribution in [0.4, 0.5) is 11.4 Å². The zero-order valence-corrected chi connectivity index (χ0v) is 14.7. The highest BCUT2D eigenvalue weighted by molar-refractivity contribution is 14.1. The predicted molar refractivity (Wildman–Crippen MR) is 97.0 cm³/mol. The van der Waals surface area contributed by atoms with Gasteiger partial charge in [0.15, 0.2) is 0 Å². The van der Waals surface area contributed by atoms with Crippen molar-refractivity contribution in [2.24, 2.45) is 0 Å². The zero-order chi connectivity index (χ0) is 15.4. The van der Waals surface area contributed by atoms with Crippen LogP contribution in [0.25, 0.3) is 0 Å². The molecule has 110 valence electrons. The number of halogens is 2. The summed E-state index contributed by atoms with van der Waals surface area (Å²) in [5, 5.41) is 6.98. The van der Waals surface area contributed by atoms with Gasteiger partial charge in [-0.2, -0.15) is 0 Å². The van der Waals surface area contributed by atoms with Crippen LogP contribution < -0.4 is 10.6 Å². The standard InChI is InChI=1S/C16H16ClIN2O/c1-10(19-16-7-6-13(17)9-15(16)18)12-4-3-5-14(8-12)20-11(2)21/h3-10,19H,1-2H3,(H,20,21). The van der Waals surface area contributed by atoms with Crippen molar-refractivity contribution in [3.63, 3.8) is 0 Å². The minimum atomic E-state index is -0.0694. The van der Waals surface area contributed by atoms with Crippen molar-refractivity contribution in [1.82, 2.24) is 0 Å². The Labute approximate surface area is 143 Å². The Hall–Kier alpha value is -1.27. The molecule has 0 heterocycles. The molecule has 1 atom stereocenters. The highest BCUT2D eigenvalue weighted by atomic mass is 127. The SMILES string of the molecule is CC(=O)Nc1cccc(C(C)Nc2ccc(Cl)cc2I)c1. The van der Waals surface area contributed by atoms with Gasteiger partial charge in [0.05, 0.1) is 0 Å². The summed E-state index contributed by atoms with van der Waals surface area (Å²) in [7, 11) is 0. The third-order valence-corrected chi connectivity index (χ3v) is 4.14. The predicted octanol–water partition coefficient (Wildman–Crippen LogP) is 5.08. The van der Waals surface area contributed by atoms with E-state index in [9.17, 15) is 4.79 Å². The quantitative estimate of drug-likeness (QED) is 0.685. The maximum Gasteiger partial charge on any atom is 0.221 e. The van der Waals surface area contributed by atoms with E-state index >= 15 is 0 Å². The maximum absolute atomic E-state index is 11.1. The second-order valence-corrected chi connectivity index (χ2v) is 6.40. The van der Waals surface area contributed by atoms with Gasteiger partial charge in [0.2, 0.25) is 5.91 Å². The smallest absolute Gasteiger partial charge is 0.221 e. The molecule has 0 aliphatic heterocycles. The van der Waals surface area contributed by atoms with Gasteiger partial charge >= 0.3 is 0 Å². The summed E-state index contributed by atoms with van der Waals surface area (Å²) in [4.78, 5) is 11.1. The van der Waals surface area contributed by atoms with Crippen LogP contribution in [0.15, 0.2) is 42.5 Å². The van der Waals surface area contributed by atoms with Crippen LogP contribution >= 0.6 is 34.2 Å². The lowest BCUT2D eigenvalue weighted by atomic mass is 10.1. The van der Waals surface area contributed by atoms with Crippen molar-refractivity contribution < 1.29 is 4.79 Å². The molecule has 0 bridgehead atoms. The molecule has 3 nitrogen and oxygen atoms in total. The first-order valence-electron chi connectivity index (χ1n) is 6.55. The number of carbonyl (C=O) groups is 1. The highest BCUT2D eigenvalue weighted by Gasteiger charge is 2.09. The number of nitrogens with one attached hydrogen (secondary N) is 2. The van der Waals surface area contributed by atoms with Crippen molar-refractivity contribution in [3.05, 3.63) is 56.6 Å². The summed E-state index contributed by atoms with van der Waals surface area (Å²) in [5.74, 6) is -0.0694. The maximum atomic E-state index is 11.1. The second kappa shape index (κ2) is 7.13. The van der Waals surface area contributed by atoms with Gasteiger partial charge in [0.1, 0.15) is 0 Å². The molecule has 0 fully saturated rings. The van der Waals surface area contributed by atoms with Gasteiger partial charge in [-0.25, -0.2) is 0 Å². The van der Waals surface area contributed by atoms with Crippen LogP contribution in [0, 0.1) is 3.57 Å². The molecule has 0 spiro atoms. The molecule has 5 heteroatoms. The van der Waals surface area contributed by atoms with E-state index in [0.29, 0.717) is 0 Å². The summed E-state index contributed by atoms with van der Waals surface area (Å²) in [6, 6.07) is 13.7. The van der Waals surface area contributed by atoms with E-state index in [2.05, 4.69) is 40.1 Å². The molecule has 1 amide bonds. The summed E-state index contributed by atoms with van der Waals surface area (Å²) in [6.07, 6.45) is 0. The van der Waals surface area contributed by atoms with Gasteiger partial charge in [0, 0.05) is 32.9 Å². The number of carbonyl (C=O) groups excluding carboxylic acids is 1. The Balaban J connectivity index is 2.16. The number of anilines is 2. The Morgan fingerprint density at radius 3 is 2.67 bits per heavy atom. The molecule has 0 saturated heterocycles. The lowest BCUT2D eigenvalue weighted by Crippen LogP contribution is -2.10. The van der Waals surface area contributed by atoms with E-state index < -0.39 is 0 Å². The summed E-state index contributed by atoms with van der Waals surface area (Å²) in [6.45, 7) is 3.59. The van der Waals surface area contributed by atoms with Gasteiger partial charge in [-0.3, -0.25) is 4.79 Å². The van der Waals surface area contributed by atoms with E-state index in [4.69, 9.17) is 11.6 Å². The van der Waals surface area contributed by atoms with Crippen molar-refractivity contribution in [2.45, 2.75) is 19.9 Å². The fourth-order valence-corrected chi connectivity index (χ4v) is 3.04. The van der Waals surface area contributed by atoms with Crippen LogP contribution in [0.1, 0.15) is 25.5 Å². The van der Waals surface area contributed by atoms with E-state index in [1.165, 1.54) is 6.92 Å². The van der Waals surface area contributed by atoms with E-state index in [0.717, 1.165) is 25.5 Å². The summed E-state index contributed by atoms with van der Waals surface area (Å²) in [5.41, 5.74) is 2.95. The largest absolute Gasteiger partial charge is 0.378 e. The van der Waals surface area contributed by atoms with Crippen LogP contribution in [-0.4, -0.2) is 5.91 Å². The molecule has 0 saturated carbocycles. The van der Waals surface area contributed by atoms with Gasteiger partial charge in [0.25, 0.3) is 0 Å². The Kier molecular flexibility index (Phi) is 5.47. The van der Waals surface area contributed by atoms with E-state index in [1.54, 1.807) is 0 Å². The second-order valence-electron chi connectivity index (χ2n) is 4.80. The van der Waals surface area contributed by atoms with Crippen LogP contribution in [0.3, 0.4) is 0 Å². The summed E-state index contributed by atoms with van der Waals surface area (Å²) >= 11 is 8.22. The van der Waals surface area contributed by atoms with Crippen molar-refractivity contribution in [3.8, 4) is 0 Å². The van der Waals surface area contributed by atoms with Crippen molar-refractivity contribution >= 4 is 51.5 Å². The zero-order valence-electron chi connectivity index (χ0n) is 11.8. The molecule has 0 aliphatic rings. The summed E-state index contributed by atoms with van der Waals surface area (Å²) < 4.78 is 1.07. The fraction of sp³-hybridized carbons (Fsp3) is 0.188. The molecule has 2 aromatic rings. The van der Waals surface area contributed by atoms with E-state index in [-0.39, 0.29) is 11.9 Å². The molecular weight excluding hydrogens is 399 g/mol. The molecule has 1 unspecified atom stereocenters. The normalized spacial score (nSPS) is 11.8. The number of hydrogen-bond acceptors (Lipinski definition) is 2. The number of rotatable bonds is 4. The van der Waals surface area contributed by atoms with Crippen molar-refractivity contribution in [1.29, 1.82) is 0 Å². The van der Waals surface area contributed by atoms with E-state index in [1.807, 2.05) is 42.5 Å². The first kappa shape index (κ1) is 16.1. The molecule has 0 aromatic heterocycles. The van der Waals surface area contributed by atoms with Crippen LogP contribution in [0.5, 0.6) is 0 Å². The molecule has 21 heavy (non-hydrogen) atoms. The van der Waals surface area contributed by atoms with Crippen LogP contribution in [0.2, 0.25) is 5.02 Å². The number of amides is 1. The Bertz CT molecular complexity index is 660. The van der Waals surface area contributed by atoms with Gasteiger partial charge in [-0.1, -0.05) is 23.7 Å². The third-order valence-electron chi connectivity index (χ3n) is 3.01. The Morgan fingerprint density at radius 1 is 1.24 bits per heavy atom. The van der Waals surface area contributed by atoms with Gasteiger partial charge < -0.3 is 10.6 Å². The minimum Gasteiger partial charge on any atom is -0.378 e. The monoisotopic (exact) mass is 414 g/mol. The fourth-order valence-electron chi connectivity index (χ4n) is 2.01. The number of hydrogen-bond donors (Lipinski definition) is 2. The first-order valence-corrected chi connectivity index (χ1v) is 8.00. The average molecular weight is 415 g/mol. The molecule has 2 rings (SSSR count). The molecule has 2 N–H and O–H groups in total. The lowest BCUT2D eigenvalue weighted by Gasteiger charge is -2.18. The third kappa shape index (κ3) is 4.61. The van der Waals surface area contributed by atoms with Gasteiger partial charge in [-0.05, 0) is 65.4 Å². The topological polar surface area (TPSA) is 41.1 Å². The minimum absolute atomic E-state index is 0.0694. The average Bonchev–Trinajstić information content (AvgIpc) is 2.41. The lowest BCUT2D eigenvalue weighted by molar-refractivity contribution is -0.114. The van der Waals surface area contributed by atoms with Crippen molar-refractivity contribution in [2.75, 3.05) is 10.6 Å². The first-order chi connectivity index (χ1) is 9.95. The molecule has 0 aliphatic carbocycles. The molecular formula is C16H16ClIN2O. The molecule has 2 aromatic carbocycles. The highest BCUT2D eigenvalue weighted by Crippen LogP contribution is 2.27. The Morgan fingerprint density at radius 2 is 2.00 bits per heavy atom. The van der Waals surface area contributed by atoms with Gasteiger partial charge in [-0.15, -0.1) is 0 Å². The number of benzene rings is 2. The molecule has 0 radical (unpaired) electrons. The van der Waals surface area contributed by atoms with Crippen LogP contribution in [-0.2, 0) is 4.79 Å².